The number of carbonyl (C=O) groups is 3. The van der Waals surface area contributed by atoms with Crippen LogP contribution in [0.15, 0.2) is 77.3 Å². The molecule has 0 radical (unpaired) electrons. The maximum absolute atomic E-state index is 13.1. The Bertz CT molecular complexity index is 1210. The van der Waals surface area contributed by atoms with Crippen molar-refractivity contribution in [3.8, 4) is 6.07 Å². The Morgan fingerprint density at radius 2 is 1.71 bits per heavy atom. The van der Waals surface area contributed by atoms with Gasteiger partial charge in [-0.1, -0.05) is 30.3 Å². The van der Waals surface area contributed by atoms with E-state index in [1.165, 1.54) is 19.1 Å². The Balaban J connectivity index is 1.94. The minimum atomic E-state index is -0.840. The van der Waals surface area contributed by atoms with Crippen molar-refractivity contribution in [2.24, 2.45) is 5.73 Å². The number of benzene rings is 2. The lowest BCUT2D eigenvalue weighted by Crippen LogP contribution is -2.37. The summed E-state index contributed by atoms with van der Waals surface area (Å²) >= 11 is 0. The minimum absolute atomic E-state index is 0.0749. The van der Waals surface area contributed by atoms with E-state index in [-0.39, 0.29) is 22.7 Å². The van der Waals surface area contributed by atoms with Gasteiger partial charge in [0.25, 0.3) is 11.8 Å². The Hall–Kier alpha value is -4.38. The number of nitrogens with zero attached hydrogens (tertiary/aromatic N) is 3. The molecule has 0 bridgehead atoms. The second-order valence-electron chi connectivity index (χ2n) is 7.06. The number of imide groups is 1. The number of para-hydroxylation sites is 1. The van der Waals surface area contributed by atoms with E-state index < -0.39 is 23.7 Å². The molecular formula is C23H18N4O4. The fourth-order valence-corrected chi connectivity index (χ4v) is 3.89. The van der Waals surface area contributed by atoms with Crippen LogP contribution in [0.25, 0.3) is 0 Å². The van der Waals surface area contributed by atoms with Gasteiger partial charge in [0.05, 0.1) is 35.8 Å². The Kier molecular flexibility index (Phi) is 4.79. The van der Waals surface area contributed by atoms with Gasteiger partial charge in [0.1, 0.15) is 11.5 Å². The quantitative estimate of drug-likeness (QED) is 0.603. The number of methoxy groups -OCH3 is 1. The topological polar surface area (TPSA) is 117 Å². The SMILES string of the molecule is COC(=O)c1ccc(C2C(C#N)=C(N)N(c3ccccc3)C3=C2C(=O)N(C)C3=O)cc1. The van der Waals surface area contributed by atoms with Crippen molar-refractivity contribution < 1.29 is 19.1 Å². The highest BCUT2D eigenvalue weighted by molar-refractivity contribution is 6.22. The zero-order valence-electron chi connectivity index (χ0n) is 16.8. The van der Waals surface area contributed by atoms with Gasteiger partial charge in [0.15, 0.2) is 0 Å². The lowest BCUT2D eigenvalue weighted by Gasteiger charge is -2.33. The molecule has 2 N–H and O–H groups in total. The highest BCUT2D eigenvalue weighted by Gasteiger charge is 2.48. The van der Waals surface area contributed by atoms with Crippen LogP contribution in [0.1, 0.15) is 21.8 Å². The molecule has 31 heavy (non-hydrogen) atoms. The molecule has 2 heterocycles. The van der Waals surface area contributed by atoms with Crippen molar-refractivity contribution in [1.29, 1.82) is 5.26 Å². The zero-order chi connectivity index (χ0) is 22.3. The molecule has 2 amide bonds. The predicted molar refractivity (Wildman–Crippen MR) is 111 cm³/mol. The summed E-state index contributed by atoms with van der Waals surface area (Å²) < 4.78 is 4.72. The number of amides is 2. The lowest BCUT2D eigenvalue weighted by molar-refractivity contribution is -0.136. The number of rotatable bonds is 3. The van der Waals surface area contributed by atoms with Crippen LogP contribution in [-0.4, -0.2) is 36.8 Å². The van der Waals surface area contributed by atoms with Gasteiger partial charge in [-0.05, 0) is 29.8 Å². The zero-order valence-corrected chi connectivity index (χ0v) is 16.8. The first-order valence-electron chi connectivity index (χ1n) is 9.40. The maximum atomic E-state index is 13.1. The van der Waals surface area contributed by atoms with Crippen LogP contribution >= 0.6 is 0 Å². The molecule has 154 valence electrons. The van der Waals surface area contributed by atoms with Crippen molar-refractivity contribution in [1.82, 2.24) is 4.90 Å². The molecule has 2 aromatic rings. The van der Waals surface area contributed by atoms with Gasteiger partial charge in [-0.25, -0.2) is 4.79 Å². The van der Waals surface area contributed by atoms with Crippen LogP contribution in [0.5, 0.6) is 0 Å². The normalized spacial score (nSPS) is 18.3. The van der Waals surface area contributed by atoms with E-state index in [0.29, 0.717) is 16.8 Å². The number of likely N-dealkylation sites (N-methyl/N-ethyl adjacent to an activating group) is 1. The Labute approximate surface area is 178 Å². The van der Waals surface area contributed by atoms with Crippen LogP contribution in [0.3, 0.4) is 0 Å². The van der Waals surface area contributed by atoms with Crippen molar-refractivity contribution >= 4 is 23.5 Å². The molecule has 0 aromatic heterocycles. The van der Waals surface area contributed by atoms with Crippen molar-refractivity contribution in [2.75, 3.05) is 19.1 Å². The van der Waals surface area contributed by atoms with E-state index in [1.807, 2.05) is 6.07 Å². The number of hydrogen-bond donors (Lipinski definition) is 1. The van der Waals surface area contributed by atoms with Gasteiger partial charge >= 0.3 is 5.97 Å². The first-order valence-corrected chi connectivity index (χ1v) is 9.40. The fraction of sp³-hybridized carbons (Fsp3) is 0.130. The summed E-state index contributed by atoms with van der Waals surface area (Å²) in [7, 11) is 2.67. The summed E-state index contributed by atoms with van der Waals surface area (Å²) in [5.74, 6) is -2.27. The third-order valence-electron chi connectivity index (χ3n) is 5.42. The van der Waals surface area contributed by atoms with Crippen LogP contribution in [0.2, 0.25) is 0 Å². The molecule has 2 aliphatic rings. The highest BCUT2D eigenvalue weighted by atomic mass is 16.5. The number of hydrogen-bond acceptors (Lipinski definition) is 7. The first-order chi connectivity index (χ1) is 14.9. The van der Waals surface area contributed by atoms with Crippen LogP contribution in [0.4, 0.5) is 5.69 Å². The number of ether oxygens (including phenoxy) is 1. The molecular weight excluding hydrogens is 396 g/mol. The summed E-state index contributed by atoms with van der Waals surface area (Å²) in [6, 6.07) is 17.3. The average molecular weight is 414 g/mol. The maximum Gasteiger partial charge on any atom is 0.337 e. The third-order valence-corrected chi connectivity index (χ3v) is 5.42. The molecule has 0 saturated heterocycles. The summed E-state index contributed by atoms with van der Waals surface area (Å²) in [6.45, 7) is 0. The van der Waals surface area contributed by atoms with Crippen molar-refractivity contribution in [2.45, 2.75) is 5.92 Å². The summed E-state index contributed by atoms with van der Waals surface area (Å²) in [5, 5.41) is 9.96. The van der Waals surface area contributed by atoms with Crippen LogP contribution in [0, 0.1) is 11.3 Å². The molecule has 0 fully saturated rings. The lowest BCUT2D eigenvalue weighted by atomic mass is 9.81. The molecule has 0 saturated carbocycles. The smallest absolute Gasteiger partial charge is 0.337 e. The average Bonchev–Trinajstić information content (AvgIpc) is 3.02. The van der Waals surface area contributed by atoms with E-state index >= 15 is 0 Å². The summed E-state index contributed by atoms with van der Waals surface area (Å²) in [5.41, 5.74) is 8.28. The molecule has 2 aliphatic heterocycles. The van der Waals surface area contributed by atoms with Crippen LogP contribution in [-0.2, 0) is 14.3 Å². The summed E-state index contributed by atoms with van der Waals surface area (Å²) in [6.07, 6.45) is 0. The Morgan fingerprint density at radius 1 is 1.06 bits per heavy atom. The molecule has 1 atom stereocenters. The van der Waals surface area contributed by atoms with Gasteiger partial charge in [-0.3, -0.25) is 19.4 Å². The number of allylic oxidation sites excluding steroid dienone is 1. The number of esters is 1. The Morgan fingerprint density at radius 3 is 2.29 bits per heavy atom. The molecule has 0 spiro atoms. The number of nitriles is 1. The number of carbonyl (C=O) groups excluding carboxylic acids is 3. The minimum Gasteiger partial charge on any atom is -0.465 e. The molecule has 8 nitrogen and oxygen atoms in total. The van der Waals surface area contributed by atoms with Crippen molar-refractivity contribution in [3.05, 3.63) is 88.4 Å². The van der Waals surface area contributed by atoms with Crippen molar-refractivity contribution in [3.63, 3.8) is 0 Å². The largest absolute Gasteiger partial charge is 0.465 e. The second-order valence-corrected chi connectivity index (χ2v) is 7.06. The van der Waals surface area contributed by atoms with Gasteiger partial charge in [-0.2, -0.15) is 5.26 Å². The molecule has 2 aromatic carbocycles. The first kappa shape index (κ1) is 19.9. The second kappa shape index (κ2) is 7.46. The predicted octanol–water partition coefficient (Wildman–Crippen LogP) is 2.02. The standard InChI is InChI=1S/C23H18N4O4/c1-26-21(28)18-17(13-8-10-14(11-9-13)23(30)31-2)16(12-24)20(25)27(19(18)22(26)29)15-6-4-3-5-7-15/h3-11,17H,25H2,1-2H3. The van der Waals surface area contributed by atoms with E-state index in [9.17, 15) is 19.6 Å². The number of anilines is 1. The summed E-state index contributed by atoms with van der Waals surface area (Å²) in [4.78, 5) is 40.3. The third kappa shape index (κ3) is 2.95. The molecule has 4 rings (SSSR count). The molecule has 1 unspecified atom stereocenters. The van der Waals surface area contributed by atoms with Gasteiger partial charge in [-0.15, -0.1) is 0 Å². The fourth-order valence-electron chi connectivity index (χ4n) is 3.89. The van der Waals surface area contributed by atoms with Gasteiger partial charge in [0.2, 0.25) is 0 Å². The van der Waals surface area contributed by atoms with Crippen LogP contribution < -0.4 is 10.6 Å². The number of nitrogens with two attached hydrogens (primary N) is 1. The van der Waals surface area contributed by atoms with E-state index in [2.05, 4.69) is 6.07 Å². The van der Waals surface area contributed by atoms with E-state index in [1.54, 1.807) is 48.5 Å². The van der Waals surface area contributed by atoms with Gasteiger partial charge in [0, 0.05) is 12.7 Å². The van der Waals surface area contributed by atoms with Gasteiger partial charge < -0.3 is 10.5 Å². The molecule has 0 aliphatic carbocycles. The molecule has 8 heteroatoms. The monoisotopic (exact) mass is 414 g/mol. The van der Waals surface area contributed by atoms with E-state index in [4.69, 9.17) is 10.5 Å². The highest BCUT2D eigenvalue weighted by Crippen LogP contribution is 2.45. The van der Waals surface area contributed by atoms with E-state index in [0.717, 1.165) is 4.90 Å².